The van der Waals surface area contributed by atoms with Crippen molar-refractivity contribution in [3.63, 3.8) is 0 Å². The number of carbonyl (C=O) groups excluding carboxylic acids is 1. The van der Waals surface area contributed by atoms with E-state index in [0.717, 1.165) is 44.6 Å². The first-order chi connectivity index (χ1) is 9.66. The minimum atomic E-state index is -0.00102. The van der Waals surface area contributed by atoms with Gasteiger partial charge in [-0.2, -0.15) is 0 Å². The Balaban J connectivity index is 1.84. The lowest BCUT2D eigenvalue weighted by atomic mass is 9.81. The van der Waals surface area contributed by atoms with Crippen LogP contribution in [0.15, 0.2) is 18.3 Å². The number of rotatable bonds is 2. The molecule has 0 aromatic carbocycles. The van der Waals surface area contributed by atoms with Gasteiger partial charge in [-0.1, -0.05) is 6.07 Å². The van der Waals surface area contributed by atoms with Gasteiger partial charge in [0.2, 0.25) is 0 Å². The van der Waals surface area contributed by atoms with Gasteiger partial charge >= 0.3 is 0 Å². The number of nitrogens with zero attached hydrogens (tertiary/aromatic N) is 3. The molecule has 4 nitrogen and oxygen atoms in total. The van der Waals surface area contributed by atoms with Gasteiger partial charge in [0.15, 0.2) is 5.78 Å². The van der Waals surface area contributed by atoms with E-state index in [2.05, 4.69) is 34.9 Å². The molecule has 1 aromatic heterocycles. The summed E-state index contributed by atoms with van der Waals surface area (Å²) in [6, 6.07) is 4.12. The fraction of sp³-hybridized carbons (Fsp3) is 0.625. The molecule has 1 aliphatic heterocycles. The number of carbonyl (C=O) groups is 1. The van der Waals surface area contributed by atoms with Gasteiger partial charge in [-0.25, -0.2) is 0 Å². The van der Waals surface area contributed by atoms with Crippen LogP contribution in [-0.4, -0.2) is 60.3 Å². The Morgan fingerprint density at radius 1 is 1.35 bits per heavy atom. The Hall–Kier alpha value is -1.26. The molecule has 2 atom stereocenters. The molecule has 0 N–H and O–H groups in total. The van der Waals surface area contributed by atoms with Crippen LogP contribution in [0.25, 0.3) is 0 Å². The van der Waals surface area contributed by atoms with E-state index in [0.29, 0.717) is 5.78 Å². The minimum absolute atomic E-state index is 0.00102. The molecule has 3 rings (SSSR count). The van der Waals surface area contributed by atoms with E-state index in [-0.39, 0.29) is 12.0 Å². The van der Waals surface area contributed by atoms with Crippen LogP contribution in [0.1, 0.15) is 30.0 Å². The first kappa shape index (κ1) is 13.7. The highest BCUT2D eigenvalue weighted by molar-refractivity contribution is 5.90. The van der Waals surface area contributed by atoms with Crippen molar-refractivity contribution in [1.29, 1.82) is 0 Å². The topological polar surface area (TPSA) is 36.4 Å². The quantitative estimate of drug-likeness (QED) is 0.814. The van der Waals surface area contributed by atoms with Gasteiger partial charge in [0, 0.05) is 25.8 Å². The molecular formula is C16H23N3O. The largest absolute Gasteiger partial charge is 0.303 e. The molecule has 20 heavy (non-hydrogen) atoms. The second kappa shape index (κ2) is 5.62. The smallest absolute Gasteiger partial charge is 0.160 e. The van der Waals surface area contributed by atoms with Crippen LogP contribution in [-0.2, 0) is 11.2 Å². The van der Waals surface area contributed by atoms with E-state index in [1.54, 1.807) is 0 Å². The monoisotopic (exact) mass is 273 g/mol. The summed E-state index contributed by atoms with van der Waals surface area (Å²) in [4.78, 5) is 21.9. The lowest BCUT2D eigenvalue weighted by molar-refractivity contribution is -0.127. The molecule has 1 saturated heterocycles. The number of aryl methyl sites for hydroxylation is 1. The summed E-state index contributed by atoms with van der Waals surface area (Å²) in [5, 5.41) is 0. The summed E-state index contributed by atoms with van der Waals surface area (Å²) in [7, 11) is 4.16. The zero-order chi connectivity index (χ0) is 14.1. The molecule has 1 aromatic rings. The second-order valence-corrected chi connectivity index (χ2v) is 6.15. The molecule has 1 fully saturated rings. The van der Waals surface area contributed by atoms with Crippen LogP contribution >= 0.6 is 0 Å². The number of piperazine rings is 1. The maximum atomic E-state index is 13.0. The normalized spacial score (nSPS) is 28.1. The molecule has 2 aliphatic rings. The number of fused-ring (bicyclic) bond motifs is 1. The third-order valence-electron chi connectivity index (χ3n) is 4.72. The summed E-state index contributed by atoms with van der Waals surface area (Å²) in [6.45, 7) is 2.85. The minimum Gasteiger partial charge on any atom is -0.303 e. The van der Waals surface area contributed by atoms with Crippen LogP contribution in [0.3, 0.4) is 0 Å². The van der Waals surface area contributed by atoms with Crippen molar-refractivity contribution in [2.75, 3.05) is 33.7 Å². The fourth-order valence-electron chi connectivity index (χ4n) is 3.44. The number of hydrogen-bond donors (Lipinski definition) is 0. The molecule has 108 valence electrons. The summed E-state index contributed by atoms with van der Waals surface area (Å²) in [5.74, 6) is 0.359. The van der Waals surface area contributed by atoms with Gasteiger partial charge in [0.1, 0.15) is 0 Å². The zero-order valence-corrected chi connectivity index (χ0v) is 12.4. The van der Waals surface area contributed by atoms with Crippen LogP contribution < -0.4 is 0 Å². The van der Waals surface area contributed by atoms with E-state index >= 15 is 0 Å². The number of likely N-dealkylation sites (N-methyl/N-ethyl adjacent to an activating group) is 2. The lowest BCUT2D eigenvalue weighted by Gasteiger charge is -2.38. The predicted octanol–water partition coefficient (Wildman–Crippen LogP) is 1.32. The first-order valence-electron chi connectivity index (χ1n) is 7.53. The molecule has 0 amide bonds. The predicted molar refractivity (Wildman–Crippen MR) is 78.8 cm³/mol. The third-order valence-corrected chi connectivity index (χ3v) is 4.72. The summed E-state index contributed by atoms with van der Waals surface area (Å²) in [5.41, 5.74) is 2.30. The Bertz CT molecular complexity index is 502. The van der Waals surface area contributed by atoms with E-state index in [1.807, 2.05) is 12.3 Å². The van der Waals surface area contributed by atoms with Crippen LogP contribution in [0, 0.1) is 0 Å². The number of Topliss-reactive ketones (excluding diaryl/α,β-unsaturated/α-hetero) is 1. The number of pyridine rings is 1. The molecular weight excluding hydrogens is 250 g/mol. The molecule has 2 unspecified atom stereocenters. The SMILES string of the molecule is CN1CCN(C)C(C(=O)C2CCCc3cccnc32)C1. The first-order valence-corrected chi connectivity index (χ1v) is 7.53. The van der Waals surface area contributed by atoms with E-state index in [1.165, 1.54) is 5.56 Å². The van der Waals surface area contributed by atoms with Gasteiger partial charge in [0.25, 0.3) is 0 Å². The zero-order valence-electron chi connectivity index (χ0n) is 12.4. The Morgan fingerprint density at radius 3 is 3.05 bits per heavy atom. The van der Waals surface area contributed by atoms with Crippen LogP contribution in [0.4, 0.5) is 0 Å². The fourth-order valence-corrected chi connectivity index (χ4v) is 3.44. The highest BCUT2D eigenvalue weighted by Crippen LogP contribution is 2.32. The lowest BCUT2D eigenvalue weighted by Crippen LogP contribution is -2.54. The summed E-state index contributed by atoms with van der Waals surface area (Å²) >= 11 is 0. The van der Waals surface area contributed by atoms with Gasteiger partial charge in [-0.05, 0) is 45.0 Å². The third kappa shape index (κ3) is 2.50. The van der Waals surface area contributed by atoms with Crippen molar-refractivity contribution in [3.8, 4) is 0 Å². The number of hydrogen-bond acceptors (Lipinski definition) is 4. The average molecular weight is 273 g/mol. The summed E-state index contributed by atoms with van der Waals surface area (Å²) < 4.78 is 0. The van der Waals surface area contributed by atoms with E-state index in [9.17, 15) is 4.79 Å². The molecule has 1 aliphatic carbocycles. The molecule has 4 heteroatoms. The maximum Gasteiger partial charge on any atom is 0.160 e. The Kier molecular flexibility index (Phi) is 3.85. The van der Waals surface area contributed by atoms with Crippen LogP contribution in [0.2, 0.25) is 0 Å². The molecule has 2 heterocycles. The van der Waals surface area contributed by atoms with Crippen LogP contribution in [0.5, 0.6) is 0 Å². The highest BCUT2D eigenvalue weighted by Gasteiger charge is 2.36. The number of ketones is 1. The molecule has 0 spiro atoms. The van der Waals surface area contributed by atoms with Gasteiger partial charge < -0.3 is 4.90 Å². The van der Waals surface area contributed by atoms with E-state index < -0.39 is 0 Å². The van der Waals surface area contributed by atoms with Gasteiger partial charge in [-0.3, -0.25) is 14.7 Å². The molecule has 0 bridgehead atoms. The molecule has 0 saturated carbocycles. The van der Waals surface area contributed by atoms with Crippen molar-refractivity contribution in [1.82, 2.24) is 14.8 Å². The maximum absolute atomic E-state index is 13.0. The van der Waals surface area contributed by atoms with Gasteiger partial charge in [0.05, 0.1) is 17.7 Å². The highest BCUT2D eigenvalue weighted by atomic mass is 16.1. The summed E-state index contributed by atoms with van der Waals surface area (Å²) in [6.07, 6.45) is 4.94. The van der Waals surface area contributed by atoms with Crippen molar-refractivity contribution < 1.29 is 4.79 Å². The average Bonchev–Trinajstić information content (AvgIpc) is 2.48. The standard InChI is InChI=1S/C16H23N3O/c1-18-9-10-19(2)14(11-18)16(20)13-7-3-5-12-6-4-8-17-15(12)13/h4,6,8,13-14H,3,5,7,9-11H2,1-2H3. The van der Waals surface area contributed by atoms with Crippen molar-refractivity contribution in [2.45, 2.75) is 31.2 Å². The van der Waals surface area contributed by atoms with Gasteiger partial charge in [-0.15, -0.1) is 0 Å². The van der Waals surface area contributed by atoms with Crippen molar-refractivity contribution in [3.05, 3.63) is 29.6 Å². The Labute approximate surface area is 120 Å². The Morgan fingerprint density at radius 2 is 2.20 bits per heavy atom. The van der Waals surface area contributed by atoms with E-state index in [4.69, 9.17) is 0 Å². The van der Waals surface area contributed by atoms with Crippen molar-refractivity contribution in [2.24, 2.45) is 0 Å². The van der Waals surface area contributed by atoms with Crippen molar-refractivity contribution >= 4 is 5.78 Å². The molecule has 0 radical (unpaired) electrons. The number of aromatic nitrogens is 1. The second-order valence-electron chi connectivity index (χ2n) is 6.15.